The quantitative estimate of drug-likeness (QED) is 0.716. The first kappa shape index (κ1) is 14.4. The Morgan fingerprint density at radius 2 is 1.29 bits per heavy atom. The monoisotopic (exact) mass is 244 g/mol. The van der Waals surface area contributed by atoms with Gasteiger partial charge in [-0.2, -0.15) is 0 Å². The van der Waals surface area contributed by atoms with Gasteiger partial charge in [-0.1, -0.05) is 0 Å². The third-order valence-corrected chi connectivity index (χ3v) is 9.67. The SMILES string of the molecule is C[CH](C)[Ge]([c]1ccccc1)[CH](C)C.[Li]. The first-order chi connectivity index (χ1) is 6.13. The standard InChI is InChI=1S/C12H19Ge.Li/c1-10(2)13(11(3)4)12-8-6-5-7-9-12;/h5-11H,1-4H3;. The summed E-state index contributed by atoms with van der Waals surface area (Å²) in [5, 5.41) is 0. The van der Waals surface area contributed by atoms with Crippen LogP contribution in [0.2, 0.25) is 9.50 Å². The Bertz CT molecular complexity index is 236. The van der Waals surface area contributed by atoms with E-state index in [9.17, 15) is 0 Å². The molecule has 0 aliphatic carbocycles. The summed E-state index contributed by atoms with van der Waals surface area (Å²) in [7, 11) is 0. The predicted molar refractivity (Wildman–Crippen MR) is 67.8 cm³/mol. The Kier molecular flexibility index (Phi) is 6.95. The van der Waals surface area contributed by atoms with Gasteiger partial charge < -0.3 is 0 Å². The number of hydrogen-bond acceptors (Lipinski definition) is 0. The van der Waals surface area contributed by atoms with Gasteiger partial charge in [0.1, 0.15) is 0 Å². The number of benzene rings is 1. The van der Waals surface area contributed by atoms with Crippen LogP contribution in [0.1, 0.15) is 27.7 Å². The second-order valence-corrected chi connectivity index (χ2v) is 12.1. The van der Waals surface area contributed by atoms with Gasteiger partial charge in [0, 0.05) is 18.9 Å². The van der Waals surface area contributed by atoms with Crippen LogP contribution >= 0.6 is 0 Å². The largest absolute Gasteiger partial charge is 0 e. The average Bonchev–Trinajstić information content (AvgIpc) is 2.04. The summed E-state index contributed by atoms with van der Waals surface area (Å²) in [6.45, 7) is 9.51. The van der Waals surface area contributed by atoms with Gasteiger partial charge in [-0.05, 0) is 0 Å². The molecule has 14 heavy (non-hydrogen) atoms. The molecule has 0 spiro atoms. The van der Waals surface area contributed by atoms with Crippen molar-refractivity contribution in [3.63, 3.8) is 0 Å². The van der Waals surface area contributed by atoms with Gasteiger partial charge in [0.15, 0.2) is 0 Å². The molecule has 0 amide bonds. The predicted octanol–water partition coefficient (Wildman–Crippen LogP) is 2.83. The summed E-state index contributed by atoms with van der Waals surface area (Å²) in [6, 6.07) is 11.1. The molecule has 0 N–H and O–H groups in total. The van der Waals surface area contributed by atoms with Gasteiger partial charge in [0.2, 0.25) is 0 Å². The molecule has 0 bridgehead atoms. The van der Waals surface area contributed by atoms with Gasteiger partial charge >= 0.3 is 86.3 Å². The molecule has 2 radical (unpaired) electrons. The summed E-state index contributed by atoms with van der Waals surface area (Å²) < 4.78 is 3.43. The van der Waals surface area contributed by atoms with Crippen LogP contribution < -0.4 is 4.40 Å². The molecule has 2 heteroatoms. The first-order valence-electron chi connectivity index (χ1n) is 5.05. The van der Waals surface area contributed by atoms with Gasteiger partial charge in [0.25, 0.3) is 0 Å². The van der Waals surface area contributed by atoms with Crippen LogP contribution in [0.5, 0.6) is 0 Å². The number of rotatable bonds is 3. The van der Waals surface area contributed by atoms with Crippen molar-refractivity contribution < 1.29 is 0 Å². The molecule has 1 rings (SSSR count). The van der Waals surface area contributed by atoms with E-state index in [-0.39, 0.29) is 18.9 Å². The molecular formula is C12H19GeLi. The zero-order valence-corrected chi connectivity index (χ0v) is 12.1. The third-order valence-electron chi connectivity index (χ3n) is 2.35. The van der Waals surface area contributed by atoms with Crippen molar-refractivity contribution in [1.29, 1.82) is 0 Å². The molecule has 0 aromatic heterocycles. The maximum Gasteiger partial charge on any atom is 0 e. The fourth-order valence-electron chi connectivity index (χ4n) is 1.96. The summed E-state index contributed by atoms with van der Waals surface area (Å²) in [4.78, 5) is 0. The Balaban J connectivity index is 0.00000169. The van der Waals surface area contributed by atoms with Crippen molar-refractivity contribution in [3.8, 4) is 0 Å². The molecule has 0 saturated carbocycles. The summed E-state index contributed by atoms with van der Waals surface area (Å²) in [5.41, 5.74) is 0. The zero-order valence-electron chi connectivity index (χ0n) is 10.0. The molecule has 0 unspecified atom stereocenters. The molecule has 0 atom stereocenters. The smallest absolute Gasteiger partial charge is 0 e. The van der Waals surface area contributed by atoms with Crippen LogP contribution in [0, 0.1) is 0 Å². The van der Waals surface area contributed by atoms with Crippen LogP contribution in [-0.4, -0.2) is 33.2 Å². The van der Waals surface area contributed by atoms with Crippen molar-refractivity contribution in [1.82, 2.24) is 0 Å². The van der Waals surface area contributed by atoms with Gasteiger partial charge in [-0.3, -0.25) is 0 Å². The Morgan fingerprint density at radius 3 is 1.64 bits per heavy atom. The second-order valence-electron chi connectivity index (χ2n) is 4.13. The van der Waals surface area contributed by atoms with Crippen molar-refractivity contribution >= 4 is 37.6 Å². The number of hydrogen-bond donors (Lipinski definition) is 0. The van der Waals surface area contributed by atoms with Gasteiger partial charge in [0.05, 0.1) is 0 Å². The van der Waals surface area contributed by atoms with Crippen LogP contribution in [0.4, 0.5) is 0 Å². The molecular weight excluding hydrogens is 224 g/mol. The zero-order chi connectivity index (χ0) is 9.84. The maximum atomic E-state index is 2.38. The molecule has 1 aromatic rings. The van der Waals surface area contributed by atoms with E-state index in [0.717, 1.165) is 9.50 Å². The third kappa shape index (κ3) is 3.85. The van der Waals surface area contributed by atoms with E-state index < -0.39 is 14.3 Å². The van der Waals surface area contributed by atoms with Crippen LogP contribution in [0.15, 0.2) is 30.3 Å². The minimum atomic E-state index is -1.03. The molecule has 0 aliphatic heterocycles. The molecule has 1 aromatic carbocycles. The van der Waals surface area contributed by atoms with E-state index >= 15 is 0 Å². The minimum absolute atomic E-state index is 0. The van der Waals surface area contributed by atoms with Crippen molar-refractivity contribution in [2.75, 3.05) is 0 Å². The minimum Gasteiger partial charge on any atom is 0 e. The molecule has 0 nitrogen and oxygen atoms in total. The van der Waals surface area contributed by atoms with Gasteiger partial charge in [-0.15, -0.1) is 0 Å². The van der Waals surface area contributed by atoms with E-state index in [4.69, 9.17) is 0 Å². The van der Waals surface area contributed by atoms with Crippen LogP contribution in [-0.2, 0) is 0 Å². The fourth-order valence-corrected chi connectivity index (χ4v) is 8.77. The molecule has 0 heterocycles. The van der Waals surface area contributed by atoms with E-state index in [1.54, 1.807) is 4.40 Å². The van der Waals surface area contributed by atoms with E-state index in [0.29, 0.717) is 0 Å². The van der Waals surface area contributed by atoms with E-state index in [1.807, 2.05) is 0 Å². The van der Waals surface area contributed by atoms with Crippen molar-refractivity contribution in [2.24, 2.45) is 0 Å². The normalized spacial score (nSPS) is 10.8. The fraction of sp³-hybridized carbons (Fsp3) is 0.500. The van der Waals surface area contributed by atoms with E-state index in [2.05, 4.69) is 58.0 Å². The Hall–Kier alpha value is 0.360. The molecule has 0 saturated heterocycles. The average molecular weight is 243 g/mol. The molecule has 72 valence electrons. The van der Waals surface area contributed by atoms with Crippen LogP contribution in [0.25, 0.3) is 0 Å². The Labute approximate surface area is 105 Å². The van der Waals surface area contributed by atoms with Crippen molar-refractivity contribution in [3.05, 3.63) is 30.3 Å². The molecule has 0 aliphatic rings. The second kappa shape index (κ2) is 6.77. The van der Waals surface area contributed by atoms with Crippen LogP contribution in [0.3, 0.4) is 0 Å². The summed E-state index contributed by atoms with van der Waals surface area (Å²) in [6.07, 6.45) is 0. The first-order valence-corrected chi connectivity index (χ1v) is 8.52. The van der Waals surface area contributed by atoms with Gasteiger partial charge in [-0.25, -0.2) is 0 Å². The van der Waals surface area contributed by atoms with E-state index in [1.165, 1.54) is 0 Å². The molecule has 0 fully saturated rings. The Morgan fingerprint density at radius 1 is 0.857 bits per heavy atom. The maximum absolute atomic E-state index is 2.38. The summed E-state index contributed by atoms with van der Waals surface area (Å²) in [5.74, 6) is 0. The van der Waals surface area contributed by atoms with Crippen molar-refractivity contribution in [2.45, 2.75) is 37.2 Å². The topological polar surface area (TPSA) is 0 Å². The summed E-state index contributed by atoms with van der Waals surface area (Å²) >= 11 is -1.03.